The third kappa shape index (κ3) is 4.28. The average molecular weight is 477 g/mol. The Morgan fingerprint density at radius 2 is 1.88 bits per heavy atom. The Balaban J connectivity index is 1.98. The molecule has 7 nitrogen and oxygen atoms in total. The van der Waals surface area contributed by atoms with Gasteiger partial charge in [-0.25, -0.2) is 4.68 Å². The average Bonchev–Trinajstić information content (AvgIpc) is 3.35. The molecular weight excluding hydrogens is 448 g/mol. The Morgan fingerprint density at radius 3 is 2.56 bits per heavy atom. The van der Waals surface area contributed by atoms with E-state index in [0.717, 1.165) is 28.1 Å². The molecule has 0 saturated heterocycles. The molecular formula is C26H28N4O3S. The molecule has 1 amide bonds. The molecule has 2 heterocycles. The fraction of sp³-hybridized carbons (Fsp3) is 0.269. The van der Waals surface area contributed by atoms with Gasteiger partial charge in [-0.05, 0) is 45.0 Å². The number of amides is 1. The molecule has 0 N–H and O–H groups in total. The molecule has 0 radical (unpaired) electrons. The second-order valence-corrected chi connectivity index (χ2v) is 9.13. The monoisotopic (exact) mass is 476 g/mol. The summed E-state index contributed by atoms with van der Waals surface area (Å²) in [5, 5.41) is 6.85. The molecule has 3 aromatic rings. The number of hydrogen-bond acceptors (Lipinski definition) is 6. The summed E-state index contributed by atoms with van der Waals surface area (Å²) in [5.74, 6) is 1.22. The number of hydrogen-bond donors (Lipinski definition) is 0. The van der Waals surface area contributed by atoms with Crippen molar-refractivity contribution in [1.29, 1.82) is 0 Å². The van der Waals surface area contributed by atoms with E-state index < -0.39 is 0 Å². The van der Waals surface area contributed by atoms with Gasteiger partial charge in [0, 0.05) is 22.5 Å². The molecule has 0 spiro atoms. The number of para-hydroxylation sites is 1. The number of carbonyl (C=O) groups excluding carboxylic acids is 1. The lowest BCUT2D eigenvalue weighted by atomic mass is 10.1. The maximum Gasteiger partial charge on any atom is 0.279 e. The summed E-state index contributed by atoms with van der Waals surface area (Å²) in [4.78, 5) is 20.6. The first-order valence-corrected chi connectivity index (χ1v) is 11.8. The van der Waals surface area contributed by atoms with Gasteiger partial charge in [0.15, 0.2) is 5.71 Å². The molecule has 34 heavy (non-hydrogen) atoms. The Hall–Kier alpha value is -3.65. The highest BCUT2D eigenvalue weighted by Crippen LogP contribution is 2.35. The summed E-state index contributed by atoms with van der Waals surface area (Å²) in [7, 11) is 3.24. The van der Waals surface area contributed by atoms with Crippen molar-refractivity contribution in [3.8, 4) is 22.8 Å². The molecule has 8 heteroatoms. The Kier molecular flexibility index (Phi) is 6.70. The maximum atomic E-state index is 13.5. The van der Waals surface area contributed by atoms with Crippen LogP contribution in [0.1, 0.15) is 26.3 Å². The molecule has 0 saturated carbocycles. The smallest absolute Gasteiger partial charge is 0.279 e. The number of thiazole rings is 1. The lowest BCUT2D eigenvalue weighted by molar-refractivity contribution is -0.112. The number of methoxy groups -OCH3 is 2. The summed E-state index contributed by atoms with van der Waals surface area (Å²) in [5.41, 5.74) is 4.51. The standard InChI is InChI=1S/C26H28N4O3S/c1-16(2)14-27-26-30(22(15-34-26)20-13-18(32-5)11-12-23(20)33-6)28-24-19-9-7-8-10-21(19)29(17(3)4)25(24)31/h7-13,15,17H,1,14H2,2-6H3. The highest BCUT2D eigenvalue weighted by atomic mass is 32.1. The van der Waals surface area contributed by atoms with Crippen LogP contribution in [0.4, 0.5) is 5.69 Å². The zero-order valence-corrected chi connectivity index (χ0v) is 20.8. The quantitative estimate of drug-likeness (QED) is 0.464. The van der Waals surface area contributed by atoms with Crippen LogP contribution in [0.5, 0.6) is 11.5 Å². The summed E-state index contributed by atoms with van der Waals surface area (Å²) in [6, 6.07) is 13.3. The zero-order valence-electron chi connectivity index (χ0n) is 20.0. The third-order valence-corrected chi connectivity index (χ3v) is 6.26. The summed E-state index contributed by atoms with van der Waals surface area (Å²) in [6.07, 6.45) is 0. The number of fused-ring (bicyclic) bond motifs is 1. The zero-order chi connectivity index (χ0) is 24.4. The van der Waals surface area contributed by atoms with E-state index >= 15 is 0 Å². The molecule has 0 bridgehead atoms. The molecule has 0 fully saturated rings. The Morgan fingerprint density at radius 1 is 1.12 bits per heavy atom. The van der Waals surface area contributed by atoms with E-state index in [4.69, 9.17) is 19.6 Å². The van der Waals surface area contributed by atoms with Crippen LogP contribution in [0.15, 0.2) is 70.1 Å². The molecule has 0 unspecified atom stereocenters. The van der Waals surface area contributed by atoms with Crippen molar-refractivity contribution in [1.82, 2.24) is 4.68 Å². The summed E-state index contributed by atoms with van der Waals surface area (Å²) >= 11 is 1.45. The van der Waals surface area contributed by atoms with Gasteiger partial charge in [-0.3, -0.25) is 9.79 Å². The van der Waals surface area contributed by atoms with Gasteiger partial charge in [-0.1, -0.05) is 30.4 Å². The molecule has 1 aliphatic rings. The third-order valence-electron chi connectivity index (χ3n) is 5.41. The van der Waals surface area contributed by atoms with E-state index in [2.05, 4.69) is 6.58 Å². The van der Waals surface area contributed by atoms with Crippen LogP contribution in [0, 0.1) is 0 Å². The summed E-state index contributed by atoms with van der Waals surface area (Å²) < 4.78 is 12.8. The lowest BCUT2D eigenvalue weighted by Gasteiger charge is -2.20. The molecule has 4 rings (SSSR count). The number of rotatable bonds is 7. The number of benzene rings is 2. The minimum atomic E-state index is -0.135. The Labute approximate surface area is 203 Å². The predicted octanol–water partition coefficient (Wildman–Crippen LogP) is 4.72. The largest absolute Gasteiger partial charge is 0.497 e. The molecule has 0 atom stereocenters. The number of ether oxygens (including phenoxy) is 2. The van der Waals surface area contributed by atoms with Crippen molar-refractivity contribution in [3.63, 3.8) is 0 Å². The topological polar surface area (TPSA) is 68.4 Å². The van der Waals surface area contributed by atoms with E-state index in [0.29, 0.717) is 28.6 Å². The van der Waals surface area contributed by atoms with Crippen molar-refractivity contribution in [2.24, 2.45) is 10.1 Å². The summed E-state index contributed by atoms with van der Waals surface area (Å²) in [6.45, 7) is 10.3. The van der Waals surface area contributed by atoms with Crippen LogP contribution in [0.3, 0.4) is 0 Å². The van der Waals surface area contributed by atoms with Crippen LogP contribution in [-0.4, -0.2) is 43.1 Å². The van der Waals surface area contributed by atoms with Gasteiger partial charge in [0.05, 0.1) is 32.1 Å². The van der Waals surface area contributed by atoms with Crippen molar-refractivity contribution >= 4 is 28.6 Å². The minimum absolute atomic E-state index is 0.000605. The number of nitrogens with zero attached hydrogens (tertiary/aromatic N) is 4. The highest BCUT2D eigenvalue weighted by molar-refractivity contribution is 7.07. The molecule has 1 aliphatic heterocycles. The molecule has 0 aliphatic carbocycles. The van der Waals surface area contributed by atoms with Gasteiger partial charge in [0.1, 0.15) is 11.5 Å². The molecule has 1 aromatic heterocycles. The highest BCUT2D eigenvalue weighted by Gasteiger charge is 2.35. The van der Waals surface area contributed by atoms with Crippen molar-refractivity contribution < 1.29 is 14.3 Å². The van der Waals surface area contributed by atoms with Crippen LogP contribution in [0.25, 0.3) is 11.3 Å². The van der Waals surface area contributed by atoms with Crippen LogP contribution in [-0.2, 0) is 4.79 Å². The van der Waals surface area contributed by atoms with Gasteiger partial charge in [0.2, 0.25) is 4.80 Å². The van der Waals surface area contributed by atoms with Gasteiger partial charge in [0.25, 0.3) is 5.91 Å². The second kappa shape index (κ2) is 9.69. The first-order chi connectivity index (χ1) is 16.3. The van der Waals surface area contributed by atoms with Gasteiger partial charge in [-0.15, -0.1) is 11.3 Å². The second-order valence-electron chi connectivity index (χ2n) is 8.29. The first-order valence-electron chi connectivity index (χ1n) is 11.0. The Bertz CT molecular complexity index is 1350. The van der Waals surface area contributed by atoms with Crippen LogP contribution in [0.2, 0.25) is 0 Å². The normalized spacial score (nSPS) is 14.8. The van der Waals surface area contributed by atoms with Crippen LogP contribution >= 0.6 is 11.3 Å². The van der Waals surface area contributed by atoms with Gasteiger partial charge < -0.3 is 14.4 Å². The van der Waals surface area contributed by atoms with Crippen molar-refractivity contribution in [2.75, 3.05) is 25.7 Å². The fourth-order valence-corrected chi connectivity index (χ4v) is 4.66. The number of anilines is 1. The van der Waals surface area contributed by atoms with E-state index in [1.807, 2.05) is 68.6 Å². The van der Waals surface area contributed by atoms with E-state index in [9.17, 15) is 4.79 Å². The van der Waals surface area contributed by atoms with Crippen molar-refractivity contribution in [3.05, 3.63) is 70.4 Å². The van der Waals surface area contributed by atoms with Crippen LogP contribution < -0.4 is 19.2 Å². The minimum Gasteiger partial charge on any atom is -0.497 e. The number of aromatic nitrogens is 1. The van der Waals surface area contributed by atoms with Gasteiger partial charge >= 0.3 is 0 Å². The number of carbonyl (C=O) groups is 1. The van der Waals surface area contributed by atoms with E-state index in [-0.39, 0.29) is 11.9 Å². The SMILES string of the molecule is C=C(C)CN=c1scc(-c2cc(OC)ccc2OC)n1N=C1C(=O)N(C(C)C)c2ccccc21. The molecule has 176 valence electrons. The first kappa shape index (κ1) is 23.5. The fourth-order valence-electron chi connectivity index (χ4n) is 3.84. The van der Waals surface area contributed by atoms with Gasteiger partial charge in [-0.2, -0.15) is 5.10 Å². The lowest BCUT2D eigenvalue weighted by Crippen LogP contribution is -2.36. The predicted molar refractivity (Wildman–Crippen MR) is 137 cm³/mol. The van der Waals surface area contributed by atoms with Crippen molar-refractivity contribution in [2.45, 2.75) is 26.8 Å². The maximum absolute atomic E-state index is 13.5. The van der Waals surface area contributed by atoms with E-state index in [1.165, 1.54) is 11.3 Å². The van der Waals surface area contributed by atoms with E-state index in [1.54, 1.807) is 23.8 Å². The molecule has 2 aromatic carbocycles.